The highest BCUT2D eigenvalue weighted by Crippen LogP contribution is 2.42. The molecule has 0 aliphatic carbocycles. The molecule has 0 saturated carbocycles. The molecule has 2 N–H and O–H groups in total. The van der Waals surface area contributed by atoms with Crippen molar-refractivity contribution >= 4 is 15.4 Å². The van der Waals surface area contributed by atoms with Gasteiger partial charge in [0.05, 0.1) is 33.0 Å². The predicted octanol–water partition coefficient (Wildman–Crippen LogP) is 6.46. The molecule has 194 valence electrons. The van der Waals surface area contributed by atoms with Crippen LogP contribution in [0.15, 0.2) is 11.9 Å². The Kier molecular flexibility index (Phi) is 23.3. The minimum Gasteiger partial charge on any atom is -0.394 e. The monoisotopic (exact) mass is 492 g/mol. The van der Waals surface area contributed by atoms with Crippen molar-refractivity contribution in [1.29, 1.82) is 0 Å². The topological polar surface area (TPSA) is 85.2 Å². The number of allylic oxidation sites excluding steroid dienone is 2. The summed E-state index contributed by atoms with van der Waals surface area (Å²) < 4.78 is 39.9. The van der Waals surface area contributed by atoms with Gasteiger partial charge in [0.25, 0.3) is 0 Å². The van der Waals surface area contributed by atoms with Gasteiger partial charge in [0.2, 0.25) is 0 Å². The smallest absolute Gasteiger partial charge is 0.353 e. The average Bonchev–Trinajstić information content (AvgIpc) is 2.78. The zero-order valence-corrected chi connectivity index (χ0v) is 21.6. The molecule has 2 radical (unpaired) electrons. The standard InChI is InChI=1S/C24H47BFO6P/c1-23(26)16-13-11-9-7-5-3-2-4-6-8-10-12-14-17-30-18-15-19-32-33(28,29)22-31-24(20-25)21-27/h16,24,27H,2-15,17-22H2,1H3,(H,28,29)/b23-16+/t24-/m0/s1. The molecule has 1 unspecified atom stereocenters. The van der Waals surface area contributed by atoms with Crippen molar-refractivity contribution in [3.8, 4) is 0 Å². The maximum absolute atomic E-state index is 12.5. The number of ether oxygens (including phenoxy) is 2. The van der Waals surface area contributed by atoms with E-state index in [2.05, 4.69) is 0 Å². The molecular formula is C24H47BFO6P. The number of unbranched alkanes of at least 4 members (excludes halogenated alkanes) is 12. The Morgan fingerprint density at radius 1 is 0.909 bits per heavy atom. The van der Waals surface area contributed by atoms with Gasteiger partial charge in [-0.3, -0.25) is 4.57 Å². The number of aliphatic hydroxyl groups excluding tert-OH is 1. The van der Waals surface area contributed by atoms with Crippen LogP contribution in [0.5, 0.6) is 0 Å². The maximum atomic E-state index is 12.5. The molecule has 0 bridgehead atoms. The van der Waals surface area contributed by atoms with E-state index in [1.165, 1.54) is 71.1 Å². The molecule has 0 saturated heterocycles. The Bertz CT molecular complexity index is 501. The Labute approximate surface area is 202 Å². The fraction of sp³-hybridized carbons (Fsp3) is 0.917. The lowest BCUT2D eigenvalue weighted by Crippen LogP contribution is -2.18. The van der Waals surface area contributed by atoms with Crippen molar-refractivity contribution in [1.82, 2.24) is 0 Å². The van der Waals surface area contributed by atoms with Crippen molar-refractivity contribution in [3.63, 3.8) is 0 Å². The van der Waals surface area contributed by atoms with Crippen LogP contribution in [0.1, 0.15) is 96.8 Å². The molecule has 6 nitrogen and oxygen atoms in total. The van der Waals surface area contributed by atoms with Crippen LogP contribution < -0.4 is 0 Å². The van der Waals surface area contributed by atoms with Gasteiger partial charge in [0.1, 0.15) is 6.35 Å². The summed E-state index contributed by atoms with van der Waals surface area (Å²) in [5.41, 5.74) is 0. The highest BCUT2D eigenvalue weighted by molar-refractivity contribution is 7.52. The van der Waals surface area contributed by atoms with Crippen LogP contribution in [-0.4, -0.2) is 56.7 Å². The van der Waals surface area contributed by atoms with Gasteiger partial charge in [0, 0.05) is 13.2 Å². The van der Waals surface area contributed by atoms with Gasteiger partial charge in [0.15, 0.2) is 0 Å². The van der Waals surface area contributed by atoms with Crippen LogP contribution in [0.25, 0.3) is 0 Å². The molecule has 0 aromatic heterocycles. The van der Waals surface area contributed by atoms with Gasteiger partial charge in [-0.15, -0.1) is 0 Å². The second-order valence-electron chi connectivity index (χ2n) is 8.59. The quantitative estimate of drug-likeness (QED) is 0.0864. The van der Waals surface area contributed by atoms with Gasteiger partial charge < -0.3 is 24.0 Å². The van der Waals surface area contributed by atoms with Crippen LogP contribution in [0.3, 0.4) is 0 Å². The first-order chi connectivity index (χ1) is 15.9. The van der Waals surface area contributed by atoms with E-state index in [0.717, 1.165) is 19.3 Å². The molecule has 0 heterocycles. The number of halogens is 1. The number of hydrogen-bond acceptors (Lipinski definition) is 5. The van der Waals surface area contributed by atoms with Crippen LogP contribution in [-0.2, 0) is 18.6 Å². The molecule has 0 aromatic carbocycles. The number of rotatable bonds is 25. The predicted molar refractivity (Wildman–Crippen MR) is 133 cm³/mol. The summed E-state index contributed by atoms with van der Waals surface area (Å²) in [5.74, 6) is -0.0642. The second-order valence-corrected chi connectivity index (χ2v) is 10.4. The molecule has 0 amide bonds. The molecule has 9 heteroatoms. The molecule has 0 aliphatic rings. The van der Waals surface area contributed by atoms with Gasteiger partial charge >= 0.3 is 7.60 Å². The maximum Gasteiger partial charge on any atom is 0.353 e. The van der Waals surface area contributed by atoms with Gasteiger partial charge in [-0.2, -0.15) is 0 Å². The van der Waals surface area contributed by atoms with Crippen LogP contribution >= 0.6 is 7.60 Å². The van der Waals surface area contributed by atoms with E-state index in [0.29, 0.717) is 19.6 Å². The van der Waals surface area contributed by atoms with Crippen molar-refractivity contribution in [2.45, 2.75) is 109 Å². The van der Waals surface area contributed by atoms with Gasteiger partial charge in [-0.25, -0.2) is 4.39 Å². The van der Waals surface area contributed by atoms with Crippen molar-refractivity contribution in [2.24, 2.45) is 0 Å². The Morgan fingerprint density at radius 3 is 1.94 bits per heavy atom. The largest absolute Gasteiger partial charge is 0.394 e. The van der Waals surface area contributed by atoms with E-state index >= 15 is 0 Å². The summed E-state index contributed by atoms with van der Waals surface area (Å²) in [6.07, 6.45) is 16.8. The van der Waals surface area contributed by atoms with Gasteiger partial charge in [-0.1, -0.05) is 76.6 Å². The lowest BCUT2D eigenvalue weighted by molar-refractivity contribution is 0.0394. The Morgan fingerprint density at radius 2 is 1.42 bits per heavy atom. The second kappa shape index (κ2) is 23.5. The van der Waals surface area contributed by atoms with Crippen LogP contribution in [0, 0.1) is 0 Å². The Balaban J connectivity index is 3.28. The van der Waals surface area contributed by atoms with Crippen LogP contribution in [0.2, 0.25) is 6.32 Å². The fourth-order valence-corrected chi connectivity index (χ4v) is 4.21. The van der Waals surface area contributed by atoms with E-state index < -0.39 is 20.0 Å². The third-order valence-corrected chi connectivity index (χ3v) is 6.40. The molecule has 0 rings (SSSR count). The van der Waals surface area contributed by atoms with Crippen molar-refractivity contribution < 1.29 is 33.0 Å². The van der Waals surface area contributed by atoms with E-state index in [1.54, 1.807) is 6.08 Å². The third kappa shape index (κ3) is 24.7. The first-order valence-electron chi connectivity index (χ1n) is 12.7. The lowest BCUT2D eigenvalue weighted by Gasteiger charge is -2.17. The normalized spacial score (nSPS) is 15.0. The summed E-state index contributed by atoms with van der Waals surface area (Å²) in [6, 6.07) is 0. The minimum absolute atomic E-state index is 0.0642. The first kappa shape index (κ1) is 32.8. The van der Waals surface area contributed by atoms with Gasteiger partial charge in [-0.05, 0) is 32.6 Å². The van der Waals surface area contributed by atoms with E-state index in [-0.39, 0.29) is 25.4 Å². The first-order valence-corrected chi connectivity index (χ1v) is 14.5. The third-order valence-electron chi connectivity index (χ3n) is 5.33. The Hall–Kier alpha value is -0.235. The molecule has 0 aromatic rings. The molecule has 0 fully saturated rings. The lowest BCUT2D eigenvalue weighted by atomic mass is 10.0. The summed E-state index contributed by atoms with van der Waals surface area (Å²) in [7, 11) is 1.52. The summed E-state index contributed by atoms with van der Waals surface area (Å²) in [6.45, 7) is 2.53. The number of aliphatic hydroxyl groups is 1. The molecule has 0 aliphatic heterocycles. The summed E-state index contributed by atoms with van der Waals surface area (Å²) in [4.78, 5) is 9.65. The zero-order chi connectivity index (χ0) is 24.6. The summed E-state index contributed by atoms with van der Waals surface area (Å²) >= 11 is 0. The molecule has 33 heavy (non-hydrogen) atoms. The van der Waals surface area contributed by atoms with Crippen molar-refractivity contribution in [2.75, 3.05) is 32.8 Å². The zero-order valence-electron chi connectivity index (χ0n) is 20.7. The molecular weight excluding hydrogens is 445 g/mol. The SMILES string of the molecule is [B]C[C@@H](CO)OCP(=O)(O)OCCCOCCCCCCCCCCCCCC/C=C(\C)F. The highest BCUT2D eigenvalue weighted by Gasteiger charge is 2.21. The van der Waals surface area contributed by atoms with E-state index in [4.69, 9.17) is 27.0 Å². The minimum atomic E-state index is -3.83. The van der Waals surface area contributed by atoms with E-state index in [9.17, 15) is 13.8 Å². The highest BCUT2D eigenvalue weighted by atomic mass is 31.2. The average molecular weight is 492 g/mol. The van der Waals surface area contributed by atoms with Crippen molar-refractivity contribution in [3.05, 3.63) is 11.9 Å². The van der Waals surface area contributed by atoms with E-state index in [1.807, 2.05) is 0 Å². The molecule has 2 atom stereocenters. The number of hydrogen-bond donors (Lipinski definition) is 2. The summed E-state index contributed by atoms with van der Waals surface area (Å²) in [5, 5.41) is 8.94. The van der Waals surface area contributed by atoms with Crippen LogP contribution in [0.4, 0.5) is 4.39 Å². The fourth-order valence-electron chi connectivity index (χ4n) is 3.32. The molecule has 0 spiro atoms.